The van der Waals surface area contributed by atoms with E-state index in [1.165, 1.54) is 10.4 Å². The van der Waals surface area contributed by atoms with Crippen molar-refractivity contribution in [2.24, 2.45) is 0 Å². The summed E-state index contributed by atoms with van der Waals surface area (Å²) in [7, 11) is -5.16. The molecule has 1 saturated carbocycles. The molecule has 1 saturated heterocycles. The van der Waals surface area contributed by atoms with Crippen LogP contribution in [0.4, 0.5) is 0 Å². The maximum Gasteiger partial charge on any atom is 0.261 e. The molecule has 1 N–H and O–H groups in total. The Bertz CT molecular complexity index is 1190. The van der Waals surface area contributed by atoms with Gasteiger partial charge in [-0.3, -0.25) is 4.79 Å². The highest BCUT2D eigenvalue weighted by Crippen LogP contribution is 2.44. The lowest BCUT2D eigenvalue weighted by Crippen LogP contribution is -2.67. The van der Waals surface area contributed by atoms with E-state index in [9.17, 15) is 9.90 Å². The Morgan fingerprint density at radius 3 is 1.82 bits per heavy atom. The summed E-state index contributed by atoms with van der Waals surface area (Å²) in [5.41, 5.74) is -0.385. The van der Waals surface area contributed by atoms with Crippen LogP contribution in [0.15, 0.2) is 71.4 Å². The van der Waals surface area contributed by atoms with E-state index in [4.69, 9.17) is 9.16 Å². The van der Waals surface area contributed by atoms with E-state index in [1.54, 1.807) is 0 Å². The molecule has 0 unspecified atom stereocenters. The van der Waals surface area contributed by atoms with Gasteiger partial charge in [0.1, 0.15) is 5.72 Å². The molecule has 0 spiro atoms. The Labute approximate surface area is 243 Å². The average molecular weight is 580 g/mol. The maximum atomic E-state index is 14.7. The monoisotopic (exact) mass is 579 g/mol. The summed E-state index contributed by atoms with van der Waals surface area (Å²) in [6.07, 6.45) is 0.222. The number of nitrogens with zero attached hydrogens (tertiary/aromatic N) is 1. The number of aliphatic hydroxyl groups is 1. The number of amides is 1. The second kappa shape index (κ2) is 10.7. The molecule has 1 aliphatic heterocycles. The zero-order chi connectivity index (χ0) is 29.7. The molecule has 1 aliphatic carbocycles. The standard InChI is InChI=1S/C33H49NO4Si2/c1-31(2,3)40(24-17-13-11-14-18-24,25-19-15-12-16-20-25)38-27-22-21-26(35)28(27)29(39(8,9)10)30(36)34-32(4,5)23-37-33(34,6)7/h11-20,26-27,35H,21-23H2,1-10H3/b29-28+/t26-,27+/m1/s1. The highest BCUT2D eigenvalue weighted by atomic mass is 28.4. The smallest absolute Gasteiger partial charge is 0.261 e. The molecule has 2 aromatic carbocycles. The molecule has 1 heterocycles. The van der Waals surface area contributed by atoms with Crippen LogP contribution in [0.25, 0.3) is 0 Å². The minimum atomic E-state index is -2.89. The lowest BCUT2D eigenvalue weighted by atomic mass is 10.0. The van der Waals surface area contributed by atoms with Gasteiger partial charge in [-0.2, -0.15) is 0 Å². The van der Waals surface area contributed by atoms with Crippen molar-refractivity contribution >= 4 is 32.7 Å². The number of hydrogen-bond donors (Lipinski definition) is 1. The zero-order valence-corrected chi connectivity index (χ0v) is 28.2. The molecule has 2 aliphatic rings. The number of aliphatic hydroxyl groups excluding tert-OH is 1. The Morgan fingerprint density at radius 1 is 0.925 bits per heavy atom. The molecule has 0 radical (unpaired) electrons. The highest BCUT2D eigenvalue weighted by molar-refractivity contribution is 6.99. The largest absolute Gasteiger partial charge is 0.401 e. The minimum Gasteiger partial charge on any atom is -0.401 e. The first-order valence-electron chi connectivity index (χ1n) is 14.6. The van der Waals surface area contributed by atoms with Crippen molar-refractivity contribution in [3.8, 4) is 0 Å². The third kappa shape index (κ3) is 5.43. The molecule has 2 atom stereocenters. The second-order valence-electron chi connectivity index (χ2n) is 14.6. The number of benzene rings is 2. The van der Waals surface area contributed by atoms with E-state index in [2.05, 4.69) is 103 Å². The third-order valence-electron chi connectivity index (χ3n) is 8.52. The SMILES string of the molecule is CC1(C)COC(C)(C)N1C(=O)/C(=C1/[C@H](O)CC[C@@H]1O[Si](c1ccccc1)(c1ccccc1)C(C)(C)C)[Si](C)(C)C. The quantitative estimate of drug-likeness (QED) is 0.356. The van der Waals surface area contributed by atoms with Gasteiger partial charge < -0.3 is 19.2 Å². The summed E-state index contributed by atoms with van der Waals surface area (Å²) in [5, 5.41) is 14.6. The van der Waals surface area contributed by atoms with Crippen LogP contribution in [0.5, 0.6) is 0 Å². The van der Waals surface area contributed by atoms with Crippen molar-refractivity contribution in [1.29, 1.82) is 0 Å². The topological polar surface area (TPSA) is 59.0 Å². The van der Waals surface area contributed by atoms with Crippen molar-refractivity contribution in [2.75, 3.05) is 6.61 Å². The van der Waals surface area contributed by atoms with Gasteiger partial charge in [0.15, 0.2) is 0 Å². The van der Waals surface area contributed by atoms with Gasteiger partial charge in [0.25, 0.3) is 8.32 Å². The summed E-state index contributed by atoms with van der Waals surface area (Å²) in [5.74, 6) is -0.0151. The Morgan fingerprint density at radius 2 is 1.43 bits per heavy atom. The molecule has 4 rings (SSSR count). The minimum absolute atomic E-state index is 0.0151. The van der Waals surface area contributed by atoms with Gasteiger partial charge in [-0.15, -0.1) is 0 Å². The number of carbonyl (C=O) groups excluding carboxylic acids is 1. The second-order valence-corrected chi connectivity index (χ2v) is 23.9. The van der Waals surface area contributed by atoms with Gasteiger partial charge >= 0.3 is 0 Å². The highest BCUT2D eigenvalue weighted by Gasteiger charge is 2.55. The lowest BCUT2D eigenvalue weighted by Gasteiger charge is -2.46. The van der Waals surface area contributed by atoms with E-state index >= 15 is 0 Å². The van der Waals surface area contributed by atoms with Crippen LogP contribution in [0.3, 0.4) is 0 Å². The van der Waals surface area contributed by atoms with Crippen LogP contribution in [-0.4, -0.2) is 62.4 Å². The fourth-order valence-corrected chi connectivity index (χ4v) is 13.5. The molecule has 218 valence electrons. The van der Waals surface area contributed by atoms with Gasteiger partial charge in [-0.05, 0) is 61.5 Å². The molecule has 40 heavy (non-hydrogen) atoms. The Hall–Kier alpha value is -2.04. The van der Waals surface area contributed by atoms with E-state index in [-0.39, 0.29) is 17.0 Å². The van der Waals surface area contributed by atoms with Crippen LogP contribution in [0.1, 0.15) is 61.3 Å². The van der Waals surface area contributed by atoms with Crippen LogP contribution >= 0.6 is 0 Å². The van der Waals surface area contributed by atoms with Gasteiger partial charge in [0, 0.05) is 5.20 Å². The molecule has 7 heteroatoms. The summed E-state index contributed by atoms with van der Waals surface area (Å²) in [6.45, 7) is 22.0. The number of ether oxygens (including phenoxy) is 1. The summed E-state index contributed by atoms with van der Waals surface area (Å²) >= 11 is 0. The molecular formula is C33H49NO4Si2. The Kier molecular flexibility index (Phi) is 8.24. The summed E-state index contributed by atoms with van der Waals surface area (Å²) < 4.78 is 13.7. The fraction of sp³-hybridized carbons (Fsp3) is 0.545. The first kappa shape index (κ1) is 30.9. The van der Waals surface area contributed by atoms with Crippen LogP contribution in [-0.2, 0) is 14.0 Å². The van der Waals surface area contributed by atoms with Crippen LogP contribution < -0.4 is 10.4 Å². The number of carbonyl (C=O) groups is 1. The van der Waals surface area contributed by atoms with E-state index < -0.39 is 33.8 Å². The lowest BCUT2D eigenvalue weighted by molar-refractivity contribution is -0.143. The molecule has 2 fully saturated rings. The number of rotatable bonds is 6. The van der Waals surface area contributed by atoms with Crippen molar-refractivity contribution in [2.45, 2.75) is 109 Å². The van der Waals surface area contributed by atoms with Crippen LogP contribution in [0, 0.1) is 0 Å². The van der Waals surface area contributed by atoms with Gasteiger partial charge in [0.2, 0.25) is 5.91 Å². The van der Waals surface area contributed by atoms with Gasteiger partial charge in [-0.25, -0.2) is 0 Å². The van der Waals surface area contributed by atoms with E-state index in [0.29, 0.717) is 19.4 Å². The Balaban J connectivity index is 1.94. The van der Waals surface area contributed by atoms with Gasteiger partial charge in [-0.1, -0.05) is 101 Å². The first-order chi connectivity index (χ1) is 18.4. The molecule has 2 aromatic rings. The third-order valence-corrected chi connectivity index (χ3v) is 15.6. The van der Waals surface area contributed by atoms with E-state index in [1.807, 2.05) is 30.9 Å². The molecule has 5 nitrogen and oxygen atoms in total. The number of hydrogen-bond acceptors (Lipinski definition) is 4. The van der Waals surface area contributed by atoms with Crippen molar-refractivity contribution in [3.63, 3.8) is 0 Å². The maximum absolute atomic E-state index is 14.7. The average Bonchev–Trinajstić information content (AvgIpc) is 3.31. The van der Waals surface area contributed by atoms with Gasteiger partial charge in [0.05, 0.1) is 32.4 Å². The normalized spacial score (nSPS) is 24.3. The predicted molar refractivity (Wildman–Crippen MR) is 169 cm³/mol. The first-order valence-corrected chi connectivity index (χ1v) is 20.0. The molecular weight excluding hydrogens is 531 g/mol. The molecule has 0 bridgehead atoms. The van der Waals surface area contributed by atoms with Crippen molar-refractivity contribution < 1.29 is 19.1 Å². The molecule has 1 amide bonds. The summed E-state index contributed by atoms with van der Waals surface area (Å²) in [6, 6.07) is 21.2. The fourth-order valence-electron chi connectivity index (χ4n) is 6.91. The van der Waals surface area contributed by atoms with Crippen molar-refractivity contribution in [1.82, 2.24) is 4.90 Å². The zero-order valence-electron chi connectivity index (χ0n) is 26.2. The van der Waals surface area contributed by atoms with E-state index in [0.717, 1.165) is 10.8 Å². The summed E-state index contributed by atoms with van der Waals surface area (Å²) in [4.78, 5) is 16.6. The van der Waals surface area contributed by atoms with Crippen LogP contribution in [0.2, 0.25) is 24.7 Å². The van der Waals surface area contributed by atoms with Crippen molar-refractivity contribution in [3.05, 3.63) is 71.4 Å². The predicted octanol–water partition coefficient (Wildman–Crippen LogP) is 5.63. The molecule has 0 aromatic heterocycles.